The van der Waals surface area contributed by atoms with E-state index in [9.17, 15) is 0 Å². The summed E-state index contributed by atoms with van der Waals surface area (Å²) in [7, 11) is 0. The summed E-state index contributed by atoms with van der Waals surface area (Å²) in [6.45, 7) is 2.42. The molecule has 0 bridgehead atoms. The van der Waals surface area contributed by atoms with Gasteiger partial charge in [0.15, 0.2) is 0 Å². The fraction of sp³-hybridized carbons (Fsp3) is 0.750. The molecular weight excluding hydrogens is 222 g/mol. The molecule has 1 saturated carbocycles. The van der Waals surface area contributed by atoms with Crippen LogP contribution in [0.5, 0.6) is 0 Å². The summed E-state index contributed by atoms with van der Waals surface area (Å²) in [5.74, 6) is 2.05. The number of fused-ring (bicyclic) bond motifs is 1. The molecule has 1 aromatic rings. The minimum absolute atomic E-state index is 0.540. The van der Waals surface area contributed by atoms with Crippen LogP contribution in [0.25, 0.3) is 0 Å². The lowest BCUT2D eigenvalue weighted by molar-refractivity contribution is 0.299. The van der Waals surface area contributed by atoms with Crippen LogP contribution >= 0.6 is 0 Å². The van der Waals surface area contributed by atoms with Gasteiger partial charge in [-0.05, 0) is 37.7 Å². The van der Waals surface area contributed by atoms with E-state index in [0.29, 0.717) is 12.1 Å². The smallest absolute Gasteiger partial charge is 0.108 e. The molecule has 0 amide bonds. The Balaban J connectivity index is 1.69. The first kappa shape index (κ1) is 12.3. The number of hydrogen-bond donors (Lipinski definition) is 1. The Labute approximate surface area is 110 Å². The van der Waals surface area contributed by atoms with Crippen molar-refractivity contribution >= 4 is 0 Å². The zero-order valence-electron chi connectivity index (χ0n) is 11.5. The lowest BCUT2D eigenvalue weighted by atomic mass is 9.90. The van der Waals surface area contributed by atoms with E-state index in [-0.39, 0.29) is 0 Å². The third-order valence-corrected chi connectivity index (χ3v) is 4.83. The molecule has 2 aliphatic carbocycles. The van der Waals surface area contributed by atoms with Gasteiger partial charge in [0.1, 0.15) is 5.76 Å². The average Bonchev–Trinajstić information content (AvgIpc) is 2.77. The summed E-state index contributed by atoms with van der Waals surface area (Å²) in [5.41, 5.74) is 1.43. The van der Waals surface area contributed by atoms with Crippen molar-refractivity contribution in [2.24, 2.45) is 5.92 Å². The molecule has 2 aliphatic rings. The normalized spacial score (nSPS) is 32.8. The second-order valence-corrected chi connectivity index (χ2v) is 6.13. The van der Waals surface area contributed by atoms with Gasteiger partial charge < -0.3 is 9.73 Å². The van der Waals surface area contributed by atoms with Crippen molar-refractivity contribution in [3.05, 3.63) is 23.7 Å². The molecule has 100 valence electrons. The maximum absolute atomic E-state index is 5.59. The summed E-state index contributed by atoms with van der Waals surface area (Å²) in [4.78, 5) is 0. The molecule has 3 rings (SSSR count). The molecular formula is C16H25NO. The van der Waals surface area contributed by atoms with E-state index in [1.165, 1.54) is 56.3 Å². The van der Waals surface area contributed by atoms with E-state index >= 15 is 0 Å². The Morgan fingerprint density at radius 1 is 1.11 bits per heavy atom. The van der Waals surface area contributed by atoms with Crippen molar-refractivity contribution in [3.63, 3.8) is 0 Å². The van der Waals surface area contributed by atoms with Gasteiger partial charge in [-0.15, -0.1) is 0 Å². The molecule has 0 aliphatic heterocycles. The Hall–Kier alpha value is -0.760. The summed E-state index contributed by atoms with van der Waals surface area (Å²) in [5, 5.41) is 3.93. The molecule has 3 unspecified atom stereocenters. The van der Waals surface area contributed by atoms with Crippen molar-refractivity contribution in [3.8, 4) is 0 Å². The number of nitrogens with one attached hydrogen (secondary N) is 1. The van der Waals surface area contributed by atoms with E-state index in [2.05, 4.69) is 18.3 Å². The highest BCUT2D eigenvalue weighted by Gasteiger charge is 2.27. The highest BCUT2D eigenvalue weighted by Crippen LogP contribution is 2.33. The third kappa shape index (κ3) is 2.49. The first-order chi connectivity index (χ1) is 8.84. The quantitative estimate of drug-likeness (QED) is 0.792. The highest BCUT2D eigenvalue weighted by atomic mass is 16.3. The zero-order valence-corrected chi connectivity index (χ0v) is 11.5. The predicted molar refractivity (Wildman–Crippen MR) is 73.6 cm³/mol. The van der Waals surface area contributed by atoms with Crippen LogP contribution in [0, 0.1) is 5.92 Å². The topological polar surface area (TPSA) is 25.2 Å². The Kier molecular flexibility index (Phi) is 3.74. The van der Waals surface area contributed by atoms with Gasteiger partial charge >= 0.3 is 0 Å². The van der Waals surface area contributed by atoms with Crippen molar-refractivity contribution in [1.82, 2.24) is 5.32 Å². The lowest BCUT2D eigenvalue weighted by Gasteiger charge is -2.30. The summed E-state index contributed by atoms with van der Waals surface area (Å²) < 4.78 is 5.59. The number of furan rings is 1. The number of hydrogen-bond acceptors (Lipinski definition) is 2. The molecule has 0 radical (unpaired) electrons. The Morgan fingerprint density at radius 2 is 2.00 bits per heavy atom. The molecule has 0 spiro atoms. The van der Waals surface area contributed by atoms with Crippen molar-refractivity contribution in [2.45, 2.75) is 70.4 Å². The van der Waals surface area contributed by atoms with E-state index < -0.39 is 0 Å². The molecule has 1 fully saturated rings. The monoisotopic (exact) mass is 247 g/mol. The first-order valence-corrected chi connectivity index (χ1v) is 7.67. The van der Waals surface area contributed by atoms with Crippen molar-refractivity contribution in [2.75, 3.05) is 0 Å². The van der Waals surface area contributed by atoms with Gasteiger partial charge in [-0.3, -0.25) is 0 Å². The molecule has 18 heavy (non-hydrogen) atoms. The van der Waals surface area contributed by atoms with Crippen LogP contribution in [0.15, 0.2) is 16.7 Å². The SMILES string of the molecule is CC1CCCCCC1NC1CCCc2occc21. The van der Waals surface area contributed by atoms with Crippen LogP contribution in [0.3, 0.4) is 0 Å². The minimum atomic E-state index is 0.540. The van der Waals surface area contributed by atoms with E-state index in [0.717, 1.165) is 12.3 Å². The molecule has 2 nitrogen and oxygen atoms in total. The maximum atomic E-state index is 5.59. The van der Waals surface area contributed by atoms with E-state index in [1.54, 1.807) is 0 Å². The molecule has 1 aromatic heterocycles. The summed E-state index contributed by atoms with van der Waals surface area (Å²) >= 11 is 0. The minimum Gasteiger partial charge on any atom is -0.469 e. The van der Waals surface area contributed by atoms with Gasteiger partial charge in [0.2, 0.25) is 0 Å². The third-order valence-electron chi connectivity index (χ3n) is 4.83. The molecule has 0 saturated heterocycles. The molecule has 1 N–H and O–H groups in total. The average molecular weight is 247 g/mol. The predicted octanol–water partition coefficient (Wildman–Crippen LogP) is 4.22. The molecule has 1 heterocycles. The van der Waals surface area contributed by atoms with Crippen molar-refractivity contribution in [1.29, 1.82) is 0 Å². The summed E-state index contributed by atoms with van der Waals surface area (Å²) in [6.07, 6.45) is 12.5. The van der Waals surface area contributed by atoms with Crippen LogP contribution in [0.1, 0.15) is 69.2 Å². The largest absolute Gasteiger partial charge is 0.469 e. The molecule has 2 heteroatoms. The van der Waals surface area contributed by atoms with Gasteiger partial charge in [-0.25, -0.2) is 0 Å². The summed E-state index contributed by atoms with van der Waals surface area (Å²) in [6, 6.07) is 3.42. The second-order valence-electron chi connectivity index (χ2n) is 6.13. The van der Waals surface area contributed by atoms with E-state index in [4.69, 9.17) is 4.42 Å². The van der Waals surface area contributed by atoms with Gasteiger partial charge in [0, 0.05) is 24.1 Å². The fourth-order valence-corrected chi connectivity index (χ4v) is 3.66. The van der Waals surface area contributed by atoms with Crippen LogP contribution < -0.4 is 5.32 Å². The van der Waals surface area contributed by atoms with Crippen LogP contribution in [-0.2, 0) is 6.42 Å². The lowest BCUT2D eigenvalue weighted by Crippen LogP contribution is -2.38. The van der Waals surface area contributed by atoms with E-state index in [1.807, 2.05) is 6.26 Å². The molecule has 0 aromatic carbocycles. The van der Waals surface area contributed by atoms with Gasteiger partial charge in [-0.1, -0.05) is 26.2 Å². The van der Waals surface area contributed by atoms with Crippen LogP contribution in [0.4, 0.5) is 0 Å². The Bertz CT molecular complexity index is 384. The maximum Gasteiger partial charge on any atom is 0.108 e. The molecule has 3 atom stereocenters. The second kappa shape index (κ2) is 5.48. The number of aryl methyl sites for hydroxylation is 1. The zero-order chi connectivity index (χ0) is 12.4. The van der Waals surface area contributed by atoms with Crippen molar-refractivity contribution < 1.29 is 4.42 Å². The van der Waals surface area contributed by atoms with Crippen LogP contribution in [-0.4, -0.2) is 6.04 Å². The van der Waals surface area contributed by atoms with Gasteiger partial charge in [-0.2, -0.15) is 0 Å². The highest BCUT2D eigenvalue weighted by molar-refractivity contribution is 5.24. The fourth-order valence-electron chi connectivity index (χ4n) is 3.66. The van der Waals surface area contributed by atoms with Gasteiger partial charge in [0.05, 0.1) is 6.26 Å². The van der Waals surface area contributed by atoms with Gasteiger partial charge in [0.25, 0.3) is 0 Å². The Morgan fingerprint density at radius 3 is 2.94 bits per heavy atom. The van der Waals surface area contributed by atoms with Crippen LogP contribution in [0.2, 0.25) is 0 Å². The number of rotatable bonds is 2. The standard InChI is InChI=1S/C16H25NO/c1-12-6-3-2-4-7-14(12)17-15-8-5-9-16-13(15)10-11-18-16/h10-12,14-15,17H,2-9H2,1H3. The first-order valence-electron chi connectivity index (χ1n) is 7.67.